The number of hydrogen-bond donors (Lipinski definition) is 0. The maximum Gasteiger partial charge on any atom is 0.289 e. The zero-order chi connectivity index (χ0) is 11.4. The molecule has 88 valence electrons. The Morgan fingerprint density at radius 3 is 2.88 bits per heavy atom. The maximum absolute atomic E-state index is 12.0. The molecule has 0 N–H and O–H groups in total. The second-order valence-corrected chi connectivity index (χ2v) is 4.47. The van der Waals surface area contributed by atoms with E-state index in [-0.39, 0.29) is 5.91 Å². The number of hydrogen-bond acceptors (Lipinski definition) is 4. The van der Waals surface area contributed by atoms with Crippen molar-refractivity contribution in [1.29, 1.82) is 0 Å². The van der Waals surface area contributed by atoms with Crippen molar-refractivity contribution >= 4 is 17.7 Å². The number of carbonyl (C=O) groups is 1. The largest absolute Gasteiger partial charge is 0.455 e. The van der Waals surface area contributed by atoms with Crippen LogP contribution in [0, 0.1) is 0 Å². The molecule has 1 aromatic rings. The first-order chi connectivity index (χ1) is 7.81. The number of thioether (sulfide) groups is 1. The molecule has 0 aromatic carbocycles. The molecule has 0 atom stereocenters. The molecule has 5 heteroatoms. The molecule has 1 aromatic heterocycles. The fourth-order valence-corrected chi connectivity index (χ4v) is 2.07. The second-order valence-electron chi connectivity index (χ2n) is 3.60. The molecule has 4 nitrogen and oxygen atoms in total. The van der Waals surface area contributed by atoms with E-state index in [1.807, 2.05) is 12.3 Å². The van der Waals surface area contributed by atoms with Gasteiger partial charge in [-0.3, -0.25) is 4.79 Å². The lowest BCUT2D eigenvalue weighted by Crippen LogP contribution is -2.40. The van der Waals surface area contributed by atoms with Crippen molar-refractivity contribution in [3.05, 3.63) is 23.7 Å². The van der Waals surface area contributed by atoms with Crippen molar-refractivity contribution in [3.8, 4) is 0 Å². The molecule has 2 heterocycles. The molecular formula is C11H15NO3S. The van der Waals surface area contributed by atoms with E-state index in [1.165, 1.54) is 0 Å². The van der Waals surface area contributed by atoms with Gasteiger partial charge in [-0.05, 0) is 18.4 Å². The van der Waals surface area contributed by atoms with Crippen LogP contribution in [0.1, 0.15) is 16.3 Å². The minimum Gasteiger partial charge on any atom is -0.455 e. The van der Waals surface area contributed by atoms with Gasteiger partial charge in [0.2, 0.25) is 0 Å². The van der Waals surface area contributed by atoms with Crippen LogP contribution in [-0.4, -0.2) is 43.4 Å². The van der Waals surface area contributed by atoms with Crippen LogP contribution in [0.3, 0.4) is 0 Å². The highest BCUT2D eigenvalue weighted by Gasteiger charge is 2.21. The van der Waals surface area contributed by atoms with Gasteiger partial charge in [-0.25, -0.2) is 0 Å². The summed E-state index contributed by atoms with van der Waals surface area (Å²) in [4.78, 5) is 13.8. The first-order valence-corrected chi connectivity index (χ1v) is 6.65. The molecule has 0 spiro atoms. The third kappa shape index (κ3) is 2.59. The first kappa shape index (κ1) is 11.5. The monoisotopic (exact) mass is 241 g/mol. The average molecular weight is 241 g/mol. The van der Waals surface area contributed by atoms with Crippen molar-refractivity contribution in [2.24, 2.45) is 0 Å². The van der Waals surface area contributed by atoms with Gasteiger partial charge in [-0.15, -0.1) is 0 Å². The normalized spacial score (nSPS) is 16.4. The topological polar surface area (TPSA) is 42.7 Å². The van der Waals surface area contributed by atoms with Crippen LogP contribution in [0.4, 0.5) is 0 Å². The van der Waals surface area contributed by atoms with Gasteiger partial charge in [0.05, 0.1) is 19.0 Å². The van der Waals surface area contributed by atoms with Crippen LogP contribution in [0.15, 0.2) is 16.5 Å². The van der Waals surface area contributed by atoms with Gasteiger partial charge in [0.15, 0.2) is 5.76 Å². The van der Waals surface area contributed by atoms with Gasteiger partial charge in [-0.2, -0.15) is 11.8 Å². The van der Waals surface area contributed by atoms with E-state index in [2.05, 4.69) is 0 Å². The molecule has 0 aliphatic carbocycles. The van der Waals surface area contributed by atoms with E-state index in [9.17, 15) is 4.79 Å². The third-order valence-electron chi connectivity index (χ3n) is 2.46. The highest BCUT2D eigenvalue weighted by atomic mass is 32.2. The summed E-state index contributed by atoms with van der Waals surface area (Å²) in [5.41, 5.74) is 0. The summed E-state index contributed by atoms with van der Waals surface area (Å²) in [6, 6.07) is 3.62. The summed E-state index contributed by atoms with van der Waals surface area (Å²) in [7, 11) is 0. The molecule has 0 bridgehead atoms. The zero-order valence-corrected chi connectivity index (χ0v) is 10.1. The fourth-order valence-electron chi connectivity index (χ4n) is 1.63. The molecule has 1 amide bonds. The molecule has 0 radical (unpaired) electrons. The highest BCUT2D eigenvalue weighted by Crippen LogP contribution is 2.15. The Morgan fingerprint density at radius 1 is 1.44 bits per heavy atom. The lowest BCUT2D eigenvalue weighted by Gasteiger charge is -2.25. The molecule has 1 aliphatic rings. The highest BCUT2D eigenvalue weighted by molar-refractivity contribution is 7.97. The van der Waals surface area contributed by atoms with Crippen molar-refractivity contribution in [3.63, 3.8) is 0 Å². The summed E-state index contributed by atoms with van der Waals surface area (Å²) in [6.07, 6.45) is 2.01. The van der Waals surface area contributed by atoms with Crippen LogP contribution in [0.25, 0.3) is 0 Å². The van der Waals surface area contributed by atoms with Crippen LogP contribution in [-0.2, 0) is 10.5 Å². The van der Waals surface area contributed by atoms with E-state index >= 15 is 0 Å². The molecule has 16 heavy (non-hydrogen) atoms. The van der Waals surface area contributed by atoms with Crippen molar-refractivity contribution in [1.82, 2.24) is 4.90 Å². The van der Waals surface area contributed by atoms with Crippen molar-refractivity contribution in [2.75, 3.05) is 32.6 Å². The summed E-state index contributed by atoms with van der Waals surface area (Å²) in [5.74, 6) is 2.06. The third-order valence-corrected chi connectivity index (χ3v) is 3.03. The Labute approximate surface area is 98.9 Å². The smallest absolute Gasteiger partial charge is 0.289 e. The quantitative estimate of drug-likeness (QED) is 0.806. The Morgan fingerprint density at radius 2 is 2.19 bits per heavy atom. The zero-order valence-electron chi connectivity index (χ0n) is 9.27. The average Bonchev–Trinajstić information content (AvgIpc) is 2.78. The number of carbonyl (C=O) groups excluding carboxylic acids is 1. The number of nitrogens with zero attached hydrogens (tertiary/aromatic N) is 1. The minimum absolute atomic E-state index is 0.0318. The predicted octanol–water partition coefficient (Wildman–Crippen LogP) is 1.61. The number of furan rings is 1. The first-order valence-electron chi connectivity index (χ1n) is 5.26. The van der Waals surface area contributed by atoms with Crippen LogP contribution in [0.5, 0.6) is 0 Å². The lowest BCUT2D eigenvalue weighted by molar-refractivity contribution is 0.0282. The van der Waals surface area contributed by atoms with Crippen molar-refractivity contribution in [2.45, 2.75) is 5.75 Å². The molecular weight excluding hydrogens is 226 g/mol. The maximum atomic E-state index is 12.0. The number of morpholine rings is 1. The Kier molecular flexibility index (Phi) is 3.90. The van der Waals surface area contributed by atoms with Gasteiger partial charge in [0, 0.05) is 13.1 Å². The standard InChI is InChI=1S/C11H15NO3S/c1-16-8-9-2-3-10(15-9)11(13)12-4-6-14-7-5-12/h2-3H,4-8H2,1H3. The Hall–Kier alpha value is -0.940. The van der Waals surface area contributed by atoms with Crippen LogP contribution >= 0.6 is 11.8 Å². The van der Waals surface area contributed by atoms with Gasteiger partial charge in [-0.1, -0.05) is 0 Å². The molecule has 1 fully saturated rings. The van der Waals surface area contributed by atoms with E-state index in [0.29, 0.717) is 32.1 Å². The lowest BCUT2D eigenvalue weighted by atomic mass is 10.3. The molecule has 0 unspecified atom stereocenters. The molecule has 2 rings (SSSR count). The van der Waals surface area contributed by atoms with Gasteiger partial charge in [0.1, 0.15) is 5.76 Å². The van der Waals surface area contributed by atoms with E-state index < -0.39 is 0 Å². The number of rotatable bonds is 3. The SMILES string of the molecule is CSCc1ccc(C(=O)N2CCOCC2)o1. The number of ether oxygens (including phenoxy) is 1. The second kappa shape index (κ2) is 5.41. The molecule has 0 saturated carbocycles. The summed E-state index contributed by atoms with van der Waals surface area (Å²) >= 11 is 1.68. The molecule has 1 saturated heterocycles. The van der Waals surface area contributed by atoms with Crippen molar-refractivity contribution < 1.29 is 13.9 Å². The fraction of sp³-hybridized carbons (Fsp3) is 0.545. The Bertz CT molecular complexity index is 358. The van der Waals surface area contributed by atoms with Crippen LogP contribution < -0.4 is 0 Å². The van der Waals surface area contributed by atoms with Gasteiger partial charge in [0.25, 0.3) is 5.91 Å². The van der Waals surface area contributed by atoms with Gasteiger partial charge >= 0.3 is 0 Å². The minimum atomic E-state index is -0.0318. The number of amides is 1. The van der Waals surface area contributed by atoms with E-state index in [4.69, 9.17) is 9.15 Å². The van der Waals surface area contributed by atoms with Crippen LogP contribution in [0.2, 0.25) is 0 Å². The molecule has 1 aliphatic heterocycles. The van der Waals surface area contributed by atoms with Gasteiger partial charge < -0.3 is 14.1 Å². The predicted molar refractivity (Wildman–Crippen MR) is 62.6 cm³/mol. The Balaban J connectivity index is 2.01. The van der Waals surface area contributed by atoms with E-state index in [0.717, 1.165) is 11.5 Å². The van der Waals surface area contributed by atoms with E-state index in [1.54, 1.807) is 22.7 Å². The summed E-state index contributed by atoms with van der Waals surface area (Å²) in [6.45, 7) is 2.53. The summed E-state index contributed by atoms with van der Waals surface area (Å²) in [5, 5.41) is 0. The summed E-state index contributed by atoms with van der Waals surface area (Å²) < 4.78 is 10.7.